The summed E-state index contributed by atoms with van der Waals surface area (Å²) in [5.41, 5.74) is 0. The highest BCUT2D eigenvalue weighted by atomic mass is 16.2. The summed E-state index contributed by atoms with van der Waals surface area (Å²) in [7, 11) is 0. The molecule has 92 valence electrons. The number of urea groups is 1. The van der Waals surface area contributed by atoms with E-state index in [2.05, 4.69) is 29.1 Å². The van der Waals surface area contributed by atoms with E-state index in [1.54, 1.807) is 18.6 Å². The quantitative estimate of drug-likeness (QED) is 0.808. The number of anilines is 1. The van der Waals surface area contributed by atoms with Crippen LogP contribution in [-0.4, -0.2) is 34.0 Å². The number of amides is 2. The second-order valence-corrected chi connectivity index (χ2v) is 4.87. The maximum Gasteiger partial charge on any atom is 0.323 e. The highest BCUT2D eigenvalue weighted by Crippen LogP contribution is 2.21. The first-order valence-electron chi connectivity index (χ1n) is 5.97. The van der Waals surface area contributed by atoms with Gasteiger partial charge in [0.15, 0.2) is 5.82 Å². The minimum absolute atomic E-state index is 0.0797. The van der Waals surface area contributed by atoms with Crippen molar-refractivity contribution < 1.29 is 4.79 Å². The van der Waals surface area contributed by atoms with Crippen LogP contribution in [0.1, 0.15) is 20.3 Å². The third kappa shape index (κ3) is 3.15. The average Bonchev–Trinajstić information content (AvgIpc) is 2.29. The van der Waals surface area contributed by atoms with Crippen molar-refractivity contribution in [2.75, 3.05) is 18.4 Å². The number of aromatic nitrogens is 2. The largest absolute Gasteiger partial charge is 0.324 e. The summed E-state index contributed by atoms with van der Waals surface area (Å²) in [6.07, 6.45) is 5.89. The van der Waals surface area contributed by atoms with Gasteiger partial charge in [-0.15, -0.1) is 0 Å². The van der Waals surface area contributed by atoms with Gasteiger partial charge in [-0.3, -0.25) is 10.3 Å². The molecule has 1 N–H and O–H groups in total. The molecule has 1 fully saturated rings. The van der Waals surface area contributed by atoms with Gasteiger partial charge < -0.3 is 4.90 Å². The van der Waals surface area contributed by atoms with Crippen molar-refractivity contribution >= 4 is 11.8 Å². The van der Waals surface area contributed by atoms with Crippen molar-refractivity contribution in [1.29, 1.82) is 0 Å². The Labute approximate surface area is 101 Å². The molecule has 1 aliphatic rings. The van der Waals surface area contributed by atoms with Crippen LogP contribution in [0.15, 0.2) is 18.6 Å². The molecular formula is C12H18N4O. The van der Waals surface area contributed by atoms with E-state index >= 15 is 0 Å². The molecule has 5 heteroatoms. The maximum absolute atomic E-state index is 12.0. The summed E-state index contributed by atoms with van der Waals surface area (Å²) < 4.78 is 0. The number of hydrogen-bond acceptors (Lipinski definition) is 3. The van der Waals surface area contributed by atoms with Gasteiger partial charge >= 0.3 is 6.03 Å². The maximum atomic E-state index is 12.0. The Kier molecular flexibility index (Phi) is 3.56. The van der Waals surface area contributed by atoms with Gasteiger partial charge in [0.2, 0.25) is 0 Å². The van der Waals surface area contributed by atoms with Crippen LogP contribution in [0.25, 0.3) is 0 Å². The number of likely N-dealkylation sites (tertiary alicyclic amines) is 1. The van der Waals surface area contributed by atoms with E-state index in [0.717, 1.165) is 13.1 Å². The van der Waals surface area contributed by atoms with Gasteiger partial charge in [-0.1, -0.05) is 13.8 Å². The SMILES string of the molecule is CC1CC(C)CN(C(=O)Nc2cnccn2)C1. The molecule has 0 saturated carbocycles. The third-order valence-electron chi connectivity index (χ3n) is 2.95. The molecule has 2 amide bonds. The Morgan fingerprint density at radius 3 is 2.65 bits per heavy atom. The highest BCUT2D eigenvalue weighted by molar-refractivity contribution is 5.88. The number of carbonyl (C=O) groups is 1. The normalized spacial score (nSPS) is 24.5. The fraction of sp³-hybridized carbons (Fsp3) is 0.583. The molecule has 17 heavy (non-hydrogen) atoms. The van der Waals surface area contributed by atoms with Gasteiger partial charge in [0.1, 0.15) is 0 Å². The van der Waals surface area contributed by atoms with Crippen LogP contribution < -0.4 is 5.32 Å². The topological polar surface area (TPSA) is 58.1 Å². The number of carbonyl (C=O) groups excluding carboxylic acids is 1. The van der Waals surface area contributed by atoms with Gasteiger partial charge in [0.05, 0.1) is 6.20 Å². The average molecular weight is 234 g/mol. The van der Waals surface area contributed by atoms with Crippen LogP contribution in [0, 0.1) is 11.8 Å². The first-order chi connectivity index (χ1) is 8.15. The van der Waals surface area contributed by atoms with Crippen LogP contribution in [-0.2, 0) is 0 Å². The van der Waals surface area contributed by atoms with Crippen molar-refractivity contribution in [1.82, 2.24) is 14.9 Å². The molecule has 2 rings (SSSR count). The first-order valence-corrected chi connectivity index (χ1v) is 5.97. The van der Waals surface area contributed by atoms with Crippen LogP contribution in [0.4, 0.5) is 10.6 Å². The summed E-state index contributed by atoms with van der Waals surface area (Å²) >= 11 is 0. The van der Waals surface area contributed by atoms with E-state index in [9.17, 15) is 4.79 Å². The van der Waals surface area contributed by atoms with Crippen LogP contribution in [0.3, 0.4) is 0 Å². The van der Waals surface area contributed by atoms with E-state index in [1.165, 1.54) is 6.42 Å². The van der Waals surface area contributed by atoms with Crippen molar-refractivity contribution in [3.63, 3.8) is 0 Å². The monoisotopic (exact) mass is 234 g/mol. The molecule has 0 bridgehead atoms. The van der Waals surface area contributed by atoms with Gasteiger partial charge in [0, 0.05) is 25.5 Å². The van der Waals surface area contributed by atoms with Gasteiger partial charge in [0.25, 0.3) is 0 Å². The Balaban J connectivity index is 1.96. The summed E-state index contributed by atoms with van der Waals surface area (Å²) in [4.78, 5) is 21.8. The summed E-state index contributed by atoms with van der Waals surface area (Å²) in [5, 5.41) is 2.77. The Morgan fingerprint density at radius 1 is 1.35 bits per heavy atom. The fourth-order valence-corrected chi connectivity index (χ4v) is 2.38. The second kappa shape index (κ2) is 5.12. The van der Waals surface area contributed by atoms with Crippen molar-refractivity contribution in [3.8, 4) is 0 Å². The number of hydrogen-bond donors (Lipinski definition) is 1. The molecule has 5 nitrogen and oxygen atoms in total. The molecule has 1 aliphatic heterocycles. The van der Waals surface area contributed by atoms with Crippen molar-refractivity contribution in [2.45, 2.75) is 20.3 Å². The number of piperidine rings is 1. The minimum Gasteiger partial charge on any atom is -0.324 e. The lowest BCUT2D eigenvalue weighted by Gasteiger charge is -2.34. The Hall–Kier alpha value is -1.65. The smallest absolute Gasteiger partial charge is 0.323 e. The third-order valence-corrected chi connectivity index (χ3v) is 2.95. The molecular weight excluding hydrogens is 216 g/mol. The van der Waals surface area contributed by atoms with E-state index < -0.39 is 0 Å². The number of rotatable bonds is 1. The van der Waals surface area contributed by atoms with Gasteiger partial charge in [-0.2, -0.15) is 0 Å². The molecule has 2 heterocycles. The molecule has 0 spiro atoms. The Bertz CT molecular complexity index is 371. The molecule has 1 saturated heterocycles. The zero-order valence-electron chi connectivity index (χ0n) is 10.3. The van der Waals surface area contributed by atoms with E-state index in [-0.39, 0.29) is 6.03 Å². The lowest BCUT2D eigenvalue weighted by atomic mass is 9.92. The van der Waals surface area contributed by atoms with Gasteiger partial charge in [-0.05, 0) is 18.3 Å². The minimum atomic E-state index is -0.0797. The van der Waals surface area contributed by atoms with Gasteiger partial charge in [-0.25, -0.2) is 9.78 Å². The summed E-state index contributed by atoms with van der Waals surface area (Å²) in [6.45, 7) is 5.99. The van der Waals surface area contributed by atoms with Crippen molar-refractivity contribution in [3.05, 3.63) is 18.6 Å². The number of nitrogens with zero attached hydrogens (tertiary/aromatic N) is 3. The van der Waals surface area contributed by atoms with E-state index in [4.69, 9.17) is 0 Å². The molecule has 0 aliphatic carbocycles. The second-order valence-electron chi connectivity index (χ2n) is 4.87. The molecule has 1 aromatic heterocycles. The van der Waals surface area contributed by atoms with Crippen molar-refractivity contribution in [2.24, 2.45) is 11.8 Å². The molecule has 0 aromatic carbocycles. The van der Waals surface area contributed by atoms with E-state index in [0.29, 0.717) is 17.7 Å². The predicted octanol–water partition coefficient (Wildman–Crippen LogP) is 1.99. The van der Waals surface area contributed by atoms with Crippen LogP contribution in [0.5, 0.6) is 0 Å². The molecule has 2 unspecified atom stereocenters. The predicted molar refractivity (Wildman–Crippen MR) is 65.6 cm³/mol. The molecule has 0 radical (unpaired) electrons. The molecule has 2 atom stereocenters. The lowest BCUT2D eigenvalue weighted by molar-refractivity contribution is 0.156. The zero-order chi connectivity index (χ0) is 12.3. The zero-order valence-corrected chi connectivity index (χ0v) is 10.3. The first kappa shape index (κ1) is 11.8. The standard InChI is InChI=1S/C12H18N4O/c1-9-5-10(2)8-16(7-9)12(17)15-11-6-13-3-4-14-11/h3-4,6,9-10H,5,7-8H2,1-2H3,(H,14,15,17). The molecule has 1 aromatic rings. The highest BCUT2D eigenvalue weighted by Gasteiger charge is 2.25. The van der Waals surface area contributed by atoms with Crippen LogP contribution >= 0.6 is 0 Å². The lowest BCUT2D eigenvalue weighted by Crippen LogP contribution is -2.44. The summed E-state index contributed by atoms with van der Waals surface area (Å²) in [5.74, 6) is 1.63. The fourth-order valence-electron chi connectivity index (χ4n) is 2.38. The summed E-state index contributed by atoms with van der Waals surface area (Å²) in [6, 6.07) is -0.0797. The van der Waals surface area contributed by atoms with E-state index in [1.807, 2.05) is 4.90 Å². The number of nitrogens with one attached hydrogen (secondary N) is 1. The Morgan fingerprint density at radius 2 is 2.06 bits per heavy atom. The van der Waals surface area contributed by atoms with Crippen LogP contribution in [0.2, 0.25) is 0 Å².